The van der Waals surface area contributed by atoms with Crippen LogP contribution in [0.15, 0.2) is 170 Å². The zero-order valence-corrected chi connectivity index (χ0v) is 23.6. The van der Waals surface area contributed by atoms with Crippen LogP contribution in [-0.2, 0) is 0 Å². The summed E-state index contributed by atoms with van der Waals surface area (Å²) in [7, 11) is 0. The third-order valence-electron chi connectivity index (χ3n) is 8.28. The molecular weight excluding hydrogens is 520 g/mol. The number of hydrogen-bond acceptors (Lipinski definition) is 2. The highest BCUT2D eigenvalue weighted by Crippen LogP contribution is 2.44. The second-order valence-corrected chi connectivity index (χ2v) is 10.8. The van der Waals surface area contributed by atoms with Gasteiger partial charge in [-0.25, -0.2) is 4.98 Å². The molecule has 0 aliphatic carbocycles. The Hall–Kier alpha value is -5.73. The lowest BCUT2D eigenvalue weighted by Crippen LogP contribution is -2.11. The minimum Gasteiger partial charge on any atom is -0.295 e. The first-order chi connectivity index (χ1) is 21.3. The van der Waals surface area contributed by atoms with E-state index < -0.39 is 0 Å². The van der Waals surface area contributed by atoms with Crippen LogP contribution >= 0.6 is 0 Å². The van der Waals surface area contributed by atoms with E-state index in [1.165, 1.54) is 54.6 Å². The maximum absolute atomic E-state index is 4.68. The van der Waals surface area contributed by atoms with Crippen molar-refractivity contribution in [1.29, 1.82) is 0 Å². The van der Waals surface area contributed by atoms with Crippen LogP contribution in [0, 0.1) is 0 Å². The molecule has 0 radical (unpaired) electrons. The topological polar surface area (TPSA) is 16.1 Å². The van der Waals surface area contributed by atoms with Crippen molar-refractivity contribution >= 4 is 49.5 Å². The Balaban J connectivity index is 1.32. The van der Waals surface area contributed by atoms with Crippen LogP contribution in [0.2, 0.25) is 0 Å². The van der Waals surface area contributed by atoms with E-state index in [1.807, 2.05) is 30.5 Å². The molecule has 0 amide bonds. The Kier molecular flexibility index (Phi) is 6.16. The van der Waals surface area contributed by atoms with E-state index in [0.717, 1.165) is 17.2 Å². The predicted molar refractivity (Wildman–Crippen MR) is 182 cm³/mol. The molecule has 8 aromatic rings. The lowest BCUT2D eigenvalue weighted by molar-refractivity contribution is 1.18. The van der Waals surface area contributed by atoms with Crippen molar-refractivity contribution in [3.63, 3.8) is 0 Å². The SMILES string of the molecule is c1ccc(N(c2ccc(-c3c4ccccc4c(-c4ccc5ccccc5c4)c4ccccc34)cc2)c2ccccn2)cc1. The lowest BCUT2D eigenvalue weighted by atomic mass is 9.85. The van der Waals surface area contributed by atoms with Gasteiger partial charge in [0.2, 0.25) is 0 Å². The molecule has 0 fully saturated rings. The van der Waals surface area contributed by atoms with Crippen molar-refractivity contribution < 1.29 is 0 Å². The number of benzene rings is 7. The third-order valence-corrected chi connectivity index (χ3v) is 8.28. The maximum atomic E-state index is 4.68. The smallest absolute Gasteiger partial charge is 0.137 e. The lowest BCUT2D eigenvalue weighted by Gasteiger charge is -2.24. The van der Waals surface area contributed by atoms with Gasteiger partial charge < -0.3 is 0 Å². The monoisotopic (exact) mass is 548 g/mol. The van der Waals surface area contributed by atoms with Crippen LogP contribution in [0.25, 0.3) is 54.6 Å². The molecular formula is C41H28N2. The van der Waals surface area contributed by atoms with Gasteiger partial charge in [0, 0.05) is 17.6 Å². The molecule has 7 aromatic carbocycles. The van der Waals surface area contributed by atoms with Crippen LogP contribution in [0.4, 0.5) is 17.2 Å². The van der Waals surface area contributed by atoms with Gasteiger partial charge in [-0.1, -0.05) is 121 Å². The van der Waals surface area contributed by atoms with Crippen LogP contribution in [0.3, 0.4) is 0 Å². The number of hydrogen-bond donors (Lipinski definition) is 0. The van der Waals surface area contributed by atoms with Gasteiger partial charge in [0.1, 0.15) is 5.82 Å². The van der Waals surface area contributed by atoms with Gasteiger partial charge in [-0.2, -0.15) is 0 Å². The Morgan fingerprint density at radius 2 is 0.884 bits per heavy atom. The number of para-hydroxylation sites is 1. The molecule has 0 aliphatic heterocycles. The fourth-order valence-electron chi connectivity index (χ4n) is 6.35. The molecule has 0 saturated heterocycles. The van der Waals surface area contributed by atoms with Crippen molar-refractivity contribution in [3.05, 3.63) is 170 Å². The van der Waals surface area contributed by atoms with Gasteiger partial charge in [-0.15, -0.1) is 0 Å². The molecule has 43 heavy (non-hydrogen) atoms. The normalized spacial score (nSPS) is 11.3. The maximum Gasteiger partial charge on any atom is 0.137 e. The summed E-state index contributed by atoms with van der Waals surface area (Å²) in [5.41, 5.74) is 7.10. The van der Waals surface area contributed by atoms with Gasteiger partial charge in [0.25, 0.3) is 0 Å². The molecule has 0 N–H and O–H groups in total. The molecule has 1 heterocycles. The number of pyridine rings is 1. The largest absolute Gasteiger partial charge is 0.295 e. The molecule has 202 valence electrons. The second kappa shape index (κ2) is 10.6. The Morgan fingerprint density at radius 1 is 0.372 bits per heavy atom. The van der Waals surface area contributed by atoms with Gasteiger partial charge in [-0.05, 0) is 97.0 Å². The highest BCUT2D eigenvalue weighted by Gasteiger charge is 2.18. The molecule has 0 unspecified atom stereocenters. The van der Waals surface area contributed by atoms with E-state index in [-0.39, 0.29) is 0 Å². The molecule has 1 aromatic heterocycles. The third kappa shape index (κ3) is 4.41. The summed E-state index contributed by atoms with van der Waals surface area (Å²) in [6.45, 7) is 0. The Morgan fingerprint density at radius 3 is 1.51 bits per heavy atom. The van der Waals surface area contributed by atoms with Crippen molar-refractivity contribution in [2.45, 2.75) is 0 Å². The van der Waals surface area contributed by atoms with E-state index in [1.54, 1.807) is 0 Å². The summed E-state index contributed by atoms with van der Waals surface area (Å²) >= 11 is 0. The van der Waals surface area contributed by atoms with Gasteiger partial charge in [-0.3, -0.25) is 4.90 Å². The fourth-order valence-corrected chi connectivity index (χ4v) is 6.35. The average molecular weight is 549 g/mol. The number of aromatic nitrogens is 1. The van der Waals surface area contributed by atoms with Gasteiger partial charge >= 0.3 is 0 Å². The minimum absolute atomic E-state index is 0.886. The Labute approximate surface area is 251 Å². The van der Waals surface area contributed by atoms with Crippen LogP contribution in [0.1, 0.15) is 0 Å². The number of nitrogens with zero attached hydrogens (tertiary/aromatic N) is 2. The first-order valence-corrected chi connectivity index (χ1v) is 14.6. The summed E-state index contributed by atoms with van der Waals surface area (Å²) in [5.74, 6) is 0.886. The van der Waals surface area contributed by atoms with Crippen LogP contribution < -0.4 is 4.90 Å². The summed E-state index contributed by atoms with van der Waals surface area (Å²) in [4.78, 5) is 6.87. The van der Waals surface area contributed by atoms with Crippen LogP contribution in [-0.4, -0.2) is 4.98 Å². The van der Waals surface area contributed by atoms with Crippen molar-refractivity contribution in [2.24, 2.45) is 0 Å². The summed E-state index contributed by atoms with van der Waals surface area (Å²) < 4.78 is 0. The molecule has 0 bridgehead atoms. The highest BCUT2D eigenvalue weighted by molar-refractivity contribution is 6.21. The first-order valence-electron chi connectivity index (χ1n) is 14.6. The predicted octanol–water partition coefficient (Wildman–Crippen LogP) is 11.3. The average Bonchev–Trinajstić information content (AvgIpc) is 3.08. The zero-order chi connectivity index (χ0) is 28.6. The molecule has 0 saturated carbocycles. The quantitative estimate of drug-likeness (QED) is 0.199. The zero-order valence-electron chi connectivity index (χ0n) is 23.6. The Bertz CT molecular complexity index is 2120. The summed E-state index contributed by atoms with van der Waals surface area (Å²) in [5, 5.41) is 7.53. The van der Waals surface area contributed by atoms with Gasteiger partial charge in [0.05, 0.1) is 0 Å². The molecule has 2 heteroatoms. The molecule has 0 spiro atoms. The van der Waals surface area contributed by atoms with E-state index in [4.69, 9.17) is 0 Å². The van der Waals surface area contributed by atoms with Crippen molar-refractivity contribution in [2.75, 3.05) is 4.90 Å². The van der Waals surface area contributed by atoms with Gasteiger partial charge in [0.15, 0.2) is 0 Å². The van der Waals surface area contributed by atoms with E-state index >= 15 is 0 Å². The van der Waals surface area contributed by atoms with E-state index in [0.29, 0.717) is 0 Å². The molecule has 8 rings (SSSR count). The highest BCUT2D eigenvalue weighted by atomic mass is 15.2. The number of fused-ring (bicyclic) bond motifs is 3. The van der Waals surface area contributed by atoms with Crippen molar-refractivity contribution in [1.82, 2.24) is 4.98 Å². The van der Waals surface area contributed by atoms with E-state index in [9.17, 15) is 0 Å². The number of rotatable bonds is 5. The molecule has 0 atom stereocenters. The summed E-state index contributed by atoms with van der Waals surface area (Å²) in [6, 6.07) is 58.4. The fraction of sp³-hybridized carbons (Fsp3) is 0. The molecule has 0 aliphatic rings. The molecule has 2 nitrogen and oxygen atoms in total. The second-order valence-electron chi connectivity index (χ2n) is 10.8. The van der Waals surface area contributed by atoms with Crippen molar-refractivity contribution in [3.8, 4) is 22.3 Å². The van der Waals surface area contributed by atoms with E-state index in [2.05, 4.69) is 149 Å². The number of anilines is 3. The minimum atomic E-state index is 0.886. The van der Waals surface area contributed by atoms with Crippen LogP contribution in [0.5, 0.6) is 0 Å². The standard InChI is InChI=1S/C41H28N2/c1-2-14-33(15-3-1)43(39-20-10-11-27-42-39)34-25-23-30(24-26-34)40-35-16-6-8-18-37(35)41(38-19-9-7-17-36(38)40)32-22-21-29-12-4-5-13-31(29)28-32/h1-28H. The first kappa shape index (κ1) is 25.0. The summed E-state index contributed by atoms with van der Waals surface area (Å²) in [6.07, 6.45) is 1.84.